The first kappa shape index (κ1) is 20.0. The molecule has 1 atom stereocenters. The summed E-state index contributed by atoms with van der Waals surface area (Å²) in [4.78, 5) is 14.6. The van der Waals surface area contributed by atoms with Gasteiger partial charge in [-0.25, -0.2) is 8.78 Å². The van der Waals surface area contributed by atoms with Crippen LogP contribution < -0.4 is 5.32 Å². The van der Waals surface area contributed by atoms with Gasteiger partial charge in [0.1, 0.15) is 0 Å². The summed E-state index contributed by atoms with van der Waals surface area (Å²) < 4.78 is 37.1. The van der Waals surface area contributed by atoms with Crippen molar-refractivity contribution in [1.82, 2.24) is 15.4 Å². The third-order valence-corrected chi connectivity index (χ3v) is 5.64. The molecule has 4 rings (SSSR count). The zero-order valence-corrected chi connectivity index (χ0v) is 16.2. The van der Waals surface area contributed by atoms with Crippen LogP contribution in [0.1, 0.15) is 53.4 Å². The van der Waals surface area contributed by atoms with Crippen LogP contribution in [0.15, 0.2) is 28.8 Å². The van der Waals surface area contributed by atoms with Gasteiger partial charge in [0.25, 0.3) is 5.91 Å². The lowest BCUT2D eigenvalue weighted by Crippen LogP contribution is -2.40. The lowest BCUT2D eigenvalue weighted by molar-refractivity contribution is 0.0608. The third kappa shape index (κ3) is 5.00. The molecule has 0 aliphatic carbocycles. The average molecular weight is 405 g/mol. The van der Waals surface area contributed by atoms with Crippen LogP contribution in [0.5, 0.6) is 0 Å². The molecule has 1 aromatic carbocycles. The summed E-state index contributed by atoms with van der Waals surface area (Å²) in [6.07, 6.45) is 3.58. The maximum atomic E-state index is 13.4. The Morgan fingerprint density at radius 3 is 2.72 bits per heavy atom. The zero-order valence-electron chi connectivity index (χ0n) is 16.2. The SMILES string of the molecule is O=C(N[C@@H]1CCCOC1)c1cc(C2CCN(Cc3ccc(F)c(F)c3)CC2)no1. The highest BCUT2D eigenvalue weighted by atomic mass is 19.2. The van der Waals surface area contributed by atoms with Gasteiger partial charge in [-0.05, 0) is 56.5 Å². The van der Waals surface area contributed by atoms with Gasteiger partial charge in [0, 0.05) is 25.1 Å². The number of likely N-dealkylation sites (tertiary alicyclic amines) is 1. The topological polar surface area (TPSA) is 67.6 Å². The summed E-state index contributed by atoms with van der Waals surface area (Å²) in [6, 6.07) is 5.78. The van der Waals surface area contributed by atoms with Crippen molar-refractivity contribution in [2.75, 3.05) is 26.3 Å². The first-order valence-electron chi connectivity index (χ1n) is 10.1. The largest absolute Gasteiger partial charge is 0.379 e. The van der Waals surface area contributed by atoms with Gasteiger partial charge in [-0.15, -0.1) is 0 Å². The molecule has 0 saturated carbocycles. The highest BCUT2D eigenvalue weighted by molar-refractivity contribution is 5.91. The molecule has 8 heteroatoms. The number of hydrogen-bond acceptors (Lipinski definition) is 5. The molecule has 29 heavy (non-hydrogen) atoms. The van der Waals surface area contributed by atoms with Gasteiger partial charge >= 0.3 is 0 Å². The molecule has 0 bridgehead atoms. The van der Waals surface area contributed by atoms with Crippen molar-refractivity contribution in [1.29, 1.82) is 0 Å². The molecule has 156 valence electrons. The van der Waals surface area contributed by atoms with Crippen molar-refractivity contribution in [3.63, 3.8) is 0 Å². The fourth-order valence-corrected chi connectivity index (χ4v) is 3.98. The summed E-state index contributed by atoms with van der Waals surface area (Å²) in [5.74, 6) is -1.44. The summed E-state index contributed by atoms with van der Waals surface area (Å²) in [5.41, 5.74) is 1.55. The Balaban J connectivity index is 1.28. The smallest absolute Gasteiger partial charge is 0.290 e. The predicted molar refractivity (Wildman–Crippen MR) is 101 cm³/mol. The second-order valence-corrected chi connectivity index (χ2v) is 7.80. The van der Waals surface area contributed by atoms with Crippen LogP contribution in [-0.4, -0.2) is 48.3 Å². The molecule has 2 fully saturated rings. The number of nitrogens with one attached hydrogen (secondary N) is 1. The zero-order chi connectivity index (χ0) is 20.2. The lowest BCUT2D eigenvalue weighted by Gasteiger charge is -2.31. The Labute approximate surface area is 168 Å². The van der Waals surface area contributed by atoms with E-state index in [9.17, 15) is 13.6 Å². The molecular weight excluding hydrogens is 380 g/mol. The summed E-state index contributed by atoms with van der Waals surface area (Å²) in [5, 5.41) is 7.04. The van der Waals surface area contributed by atoms with Crippen LogP contribution in [0, 0.1) is 11.6 Å². The average Bonchev–Trinajstić information content (AvgIpc) is 3.23. The number of nitrogens with zero attached hydrogens (tertiary/aromatic N) is 2. The van der Waals surface area contributed by atoms with Crippen molar-refractivity contribution in [3.05, 3.63) is 52.9 Å². The molecule has 3 heterocycles. The number of halogens is 2. The fraction of sp³-hybridized carbons (Fsp3) is 0.524. The Morgan fingerprint density at radius 1 is 1.17 bits per heavy atom. The number of carbonyl (C=O) groups is 1. The number of ether oxygens (including phenoxy) is 1. The van der Waals surface area contributed by atoms with E-state index in [-0.39, 0.29) is 23.6 Å². The molecule has 1 amide bonds. The number of rotatable bonds is 5. The van der Waals surface area contributed by atoms with Gasteiger partial charge < -0.3 is 14.6 Å². The van der Waals surface area contributed by atoms with Gasteiger partial charge in [-0.3, -0.25) is 9.69 Å². The van der Waals surface area contributed by atoms with Crippen LogP contribution in [0.4, 0.5) is 8.78 Å². The van der Waals surface area contributed by atoms with Crippen LogP contribution in [0.2, 0.25) is 0 Å². The number of piperidine rings is 1. The first-order chi connectivity index (χ1) is 14.1. The molecule has 2 aromatic rings. The molecule has 1 aromatic heterocycles. The molecule has 2 saturated heterocycles. The van der Waals surface area contributed by atoms with Gasteiger partial charge in [0.2, 0.25) is 5.76 Å². The second-order valence-electron chi connectivity index (χ2n) is 7.80. The molecule has 0 spiro atoms. The van der Waals surface area contributed by atoms with Crippen molar-refractivity contribution in [2.45, 2.75) is 44.2 Å². The Hall–Kier alpha value is -2.32. The highest BCUT2D eigenvalue weighted by Gasteiger charge is 2.26. The van der Waals surface area contributed by atoms with Gasteiger partial charge in [-0.1, -0.05) is 11.2 Å². The van der Waals surface area contributed by atoms with Gasteiger partial charge in [0.05, 0.1) is 18.3 Å². The van der Waals surface area contributed by atoms with Crippen molar-refractivity contribution in [2.24, 2.45) is 0 Å². The summed E-state index contributed by atoms with van der Waals surface area (Å²) in [7, 11) is 0. The fourth-order valence-electron chi connectivity index (χ4n) is 3.98. The Bertz CT molecular complexity index is 843. The van der Waals surface area contributed by atoms with E-state index in [1.807, 2.05) is 0 Å². The van der Waals surface area contributed by atoms with Crippen molar-refractivity contribution < 1.29 is 22.8 Å². The molecule has 6 nitrogen and oxygen atoms in total. The predicted octanol–water partition coefficient (Wildman–Crippen LogP) is 3.24. The number of carbonyl (C=O) groups excluding carboxylic acids is 1. The normalized spacial score (nSPS) is 21.2. The van der Waals surface area contributed by atoms with E-state index in [0.29, 0.717) is 13.2 Å². The van der Waals surface area contributed by atoms with E-state index >= 15 is 0 Å². The number of amides is 1. The standard InChI is InChI=1S/C21H25F2N3O3/c22-17-4-3-14(10-18(17)23)12-26-7-5-15(6-8-26)19-11-20(29-25-19)21(27)24-16-2-1-9-28-13-16/h3-4,10-11,15-16H,1-2,5-9,12-13H2,(H,24,27)/t16-/m1/s1. The van der Waals surface area contributed by atoms with E-state index in [1.54, 1.807) is 12.1 Å². The molecule has 2 aliphatic rings. The van der Waals surface area contributed by atoms with Crippen LogP contribution in [-0.2, 0) is 11.3 Å². The molecule has 0 radical (unpaired) electrons. The molecular formula is C21H25F2N3O3. The Morgan fingerprint density at radius 2 is 2.00 bits per heavy atom. The molecule has 0 unspecified atom stereocenters. The van der Waals surface area contributed by atoms with E-state index in [2.05, 4.69) is 15.4 Å². The van der Waals surface area contributed by atoms with Crippen LogP contribution in [0.3, 0.4) is 0 Å². The van der Waals surface area contributed by atoms with Gasteiger partial charge in [-0.2, -0.15) is 0 Å². The van der Waals surface area contributed by atoms with Crippen LogP contribution >= 0.6 is 0 Å². The summed E-state index contributed by atoms with van der Waals surface area (Å²) >= 11 is 0. The van der Waals surface area contributed by atoms with E-state index in [4.69, 9.17) is 9.26 Å². The monoisotopic (exact) mass is 405 g/mol. The maximum absolute atomic E-state index is 13.4. The lowest BCUT2D eigenvalue weighted by atomic mass is 9.93. The first-order valence-corrected chi connectivity index (χ1v) is 10.1. The quantitative estimate of drug-likeness (QED) is 0.827. The number of benzene rings is 1. The maximum Gasteiger partial charge on any atom is 0.290 e. The third-order valence-electron chi connectivity index (χ3n) is 5.64. The molecule has 1 N–H and O–H groups in total. The van der Waals surface area contributed by atoms with Crippen molar-refractivity contribution in [3.8, 4) is 0 Å². The minimum absolute atomic E-state index is 0.0179. The number of hydrogen-bond donors (Lipinski definition) is 1. The van der Waals surface area contributed by atoms with E-state index in [0.717, 1.165) is 56.6 Å². The van der Waals surface area contributed by atoms with Crippen LogP contribution in [0.25, 0.3) is 0 Å². The minimum atomic E-state index is -0.825. The second kappa shape index (κ2) is 9.00. The highest BCUT2D eigenvalue weighted by Crippen LogP contribution is 2.28. The summed E-state index contributed by atoms with van der Waals surface area (Å²) in [6.45, 7) is 3.49. The number of aromatic nitrogens is 1. The molecule has 2 aliphatic heterocycles. The Kier molecular flexibility index (Phi) is 6.20. The van der Waals surface area contributed by atoms with Crippen molar-refractivity contribution >= 4 is 5.91 Å². The van der Waals surface area contributed by atoms with E-state index < -0.39 is 11.6 Å². The van der Waals surface area contributed by atoms with E-state index in [1.165, 1.54) is 12.1 Å². The minimum Gasteiger partial charge on any atom is -0.379 e. The van der Waals surface area contributed by atoms with Gasteiger partial charge in [0.15, 0.2) is 11.6 Å².